The molecule has 0 saturated heterocycles. The highest BCUT2D eigenvalue weighted by atomic mass is 16.2. The minimum Gasteiger partial charge on any atom is -0.345 e. The fourth-order valence-electron chi connectivity index (χ4n) is 2.99. The molecule has 5 nitrogen and oxygen atoms in total. The smallest absolute Gasteiger partial charge is 0.253 e. The van der Waals surface area contributed by atoms with Gasteiger partial charge in [-0.25, -0.2) is 0 Å². The van der Waals surface area contributed by atoms with Crippen LogP contribution in [0.15, 0.2) is 18.3 Å². The van der Waals surface area contributed by atoms with Gasteiger partial charge < -0.3 is 10.6 Å². The molecule has 0 aliphatic heterocycles. The second-order valence-corrected chi connectivity index (χ2v) is 14.0. The molecule has 0 aliphatic carbocycles. The van der Waals surface area contributed by atoms with E-state index in [0.717, 1.165) is 18.5 Å². The van der Waals surface area contributed by atoms with Gasteiger partial charge in [-0.05, 0) is 71.9 Å². The number of pyridine rings is 1. The summed E-state index contributed by atoms with van der Waals surface area (Å²) in [5.41, 5.74) is 1.87. The van der Waals surface area contributed by atoms with Crippen molar-refractivity contribution in [2.24, 2.45) is 16.2 Å². The maximum Gasteiger partial charge on any atom is 0.253 e. The highest BCUT2D eigenvalue weighted by Gasteiger charge is 2.16. The molecule has 1 rings (SSSR count). The van der Waals surface area contributed by atoms with Gasteiger partial charge >= 0.3 is 0 Å². The van der Waals surface area contributed by atoms with Gasteiger partial charge in [-0.2, -0.15) is 0 Å². The number of hydrogen-bond donors (Lipinski definition) is 2. The van der Waals surface area contributed by atoms with Crippen LogP contribution >= 0.6 is 0 Å². The van der Waals surface area contributed by atoms with E-state index < -0.39 is 0 Å². The predicted molar refractivity (Wildman–Crippen MR) is 174 cm³/mol. The van der Waals surface area contributed by atoms with Crippen LogP contribution in [0.4, 0.5) is 0 Å². The quantitative estimate of drug-likeness (QED) is 0.263. The summed E-state index contributed by atoms with van der Waals surface area (Å²) >= 11 is 0. The molecule has 0 saturated carbocycles. The Balaban J connectivity index is -0.000000656. The number of carbonyl (C=O) groups excluding carboxylic acids is 2. The van der Waals surface area contributed by atoms with Gasteiger partial charge in [0.05, 0.1) is 18.7 Å². The highest BCUT2D eigenvalue weighted by molar-refractivity contribution is 5.94. The number of hydrogen-bond acceptors (Lipinski definition) is 3. The number of aromatic nitrogens is 1. The van der Waals surface area contributed by atoms with Crippen molar-refractivity contribution in [1.82, 2.24) is 15.6 Å². The summed E-state index contributed by atoms with van der Waals surface area (Å²) in [6.45, 7) is 26.1. The van der Waals surface area contributed by atoms with E-state index in [0.29, 0.717) is 30.5 Å². The van der Waals surface area contributed by atoms with E-state index in [1.54, 1.807) is 12.3 Å². The predicted octanol–water partition coefficient (Wildman–Crippen LogP) is 8.19. The molecule has 228 valence electrons. The van der Waals surface area contributed by atoms with Crippen LogP contribution in [-0.4, -0.2) is 29.9 Å². The zero-order valence-corrected chi connectivity index (χ0v) is 26.2. The van der Waals surface area contributed by atoms with Crippen LogP contribution in [0.25, 0.3) is 0 Å². The maximum atomic E-state index is 11.9. The molecular weight excluding hydrogens is 494 g/mol. The minimum absolute atomic E-state index is 0. The Labute approximate surface area is 248 Å². The van der Waals surface area contributed by atoms with Crippen LogP contribution in [-0.2, 0) is 10.2 Å². The van der Waals surface area contributed by atoms with Crippen molar-refractivity contribution in [3.05, 3.63) is 29.6 Å². The number of amides is 2. The molecular formula is C35H61N3O2. The SMILES string of the molecule is C.C.CC(C)(C)C#CCNC(=O)CCCCC(C)(C)C.CC(C)(C)C#CCNC(=O)c1ccc(C(C)(C)C)nc1. The van der Waals surface area contributed by atoms with E-state index in [2.05, 4.69) is 102 Å². The summed E-state index contributed by atoms with van der Waals surface area (Å²) in [4.78, 5) is 27.8. The molecule has 0 aliphatic rings. The van der Waals surface area contributed by atoms with Gasteiger partial charge in [0, 0.05) is 34.6 Å². The van der Waals surface area contributed by atoms with Gasteiger partial charge in [0.2, 0.25) is 5.91 Å². The van der Waals surface area contributed by atoms with Crippen molar-refractivity contribution < 1.29 is 9.59 Å². The first-order valence-electron chi connectivity index (χ1n) is 13.7. The van der Waals surface area contributed by atoms with Crippen LogP contribution < -0.4 is 10.6 Å². The maximum absolute atomic E-state index is 11.9. The Bertz CT molecular complexity index is 989. The Kier molecular flexibility index (Phi) is 19.3. The highest BCUT2D eigenvalue weighted by Crippen LogP contribution is 2.22. The normalized spacial score (nSPS) is 11.0. The van der Waals surface area contributed by atoms with Crippen molar-refractivity contribution in [1.29, 1.82) is 0 Å². The van der Waals surface area contributed by atoms with Crippen LogP contribution in [0.3, 0.4) is 0 Å². The van der Waals surface area contributed by atoms with E-state index in [4.69, 9.17) is 0 Å². The Hall–Kier alpha value is -2.79. The van der Waals surface area contributed by atoms with Crippen LogP contribution in [0.5, 0.6) is 0 Å². The van der Waals surface area contributed by atoms with Crippen LogP contribution in [0.1, 0.15) is 140 Å². The number of rotatable bonds is 7. The molecule has 1 heterocycles. The van der Waals surface area contributed by atoms with E-state index >= 15 is 0 Å². The lowest BCUT2D eigenvalue weighted by atomic mass is 9.89. The van der Waals surface area contributed by atoms with Gasteiger partial charge in [0.1, 0.15) is 0 Å². The van der Waals surface area contributed by atoms with Crippen molar-refractivity contribution in [2.45, 2.75) is 129 Å². The standard InChI is InChI=1S/C17H24N2O.C16H29NO.2CH4/c1-16(2,3)10-7-11-18-15(20)13-8-9-14(19-12-13)17(4,5)6;1-15(2,3)11-8-7-10-14(18)17-13-9-12-16(4,5)6;;/h8-9,12H,11H2,1-6H3,(H,18,20);7-8,10-11,13H2,1-6H3,(H,17,18);2*1H4. The minimum atomic E-state index is -0.138. The Morgan fingerprint density at radius 3 is 1.65 bits per heavy atom. The summed E-state index contributed by atoms with van der Waals surface area (Å²) in [6.07, 6.45) is 5.49. The van der Waals surface area contributed by atoms with E-state index in [9.17, 15) is 9.59 Å². The lowest BCUT2D eigenvalue weighted by Gasteiger charge is -2.17. The summed E-state index contributed by atoms with van der Waals surface area (Å²) < 4.78 is 0. The van der Waals surface area contributed by atoms with Crippen molar-refractivity contribution in [3.63, 3.8) is 0 Å². The number of nitrogens with one attached hydrogen (secondary N) is 2. The number of unbranched alkanes of at least 4 members (excludes halogenated alkanes) is 1. The first-order chi connectivity index (χ1) is 17.2. The lowest BCUT2D eigenvalue weighted by molar-refractivity contribution is -0.121. The van der Waals surface area contributed by atoms with Gasteiger partial charge in [-0.3, -0.25) is 14.6 Å². The zero-order chi connectivity index (χ0) is 29.6. The summed E-state index contributed by atoms with van der Waals surface area (Å²) in [7, 11) is 0. The Morgan fingerprint density at radius 2 is 1.25 bits per heavy atom. The zero-order valence-electron chi connectivity index (χ0n) is 26.2. The topological polar surface area (TPSA) is 71.1 Å². The second kappa shape index (κ2) is 18.5. The summed E-state index contributed by atoms with van der Waals surface area (Å²) in [5.74, 6) is 12.1. The van der Waals surface area contributed by atoms with Crippen molar-refractivity contribution in [2.75, 3.05) is 13.1 Å². The van der Waals surface area contributed by atoms with E-state index in [-0.39, 0.29) is 42.9 Å². The van der Waals surface area contributed by atoms with E-state index in [1.165, 1.54) is 6.42 Å². The second-order valence-electron chi connectivity index (χ2n) is 14.0. The molecule has 0 bridgehead atoms. The largest absolute Gasteiger partial charge is 0.345 e. The lowest BCUT2D eigenvalue weighted by Crippen LogP contribution is -2.24. The molecule has 2 amide bonds. The van der Waals surface area contributed by atoms with Crippen molar-refractivity contribution in [3.8, 4) is 23.7 Å². The first kappa shape index (κ1) is 41.7. The van der Waals surface area contributed by atoms with E-state index in [1.807, 2.05) is 26.8 Å². The third-order valence-electron chi connectivity index (χ3n) is 5.01. The van der Waals surface area contributed by atoms with Gasteiger partial charge in [-0.1, -0.05) is 86.5 Å². The fraction of sp³-hybridized carbons (Fsp3) is 0.686. The third kappa shape index (κ3) is 24.3. The molecule has 40 heavy (non-hydrogen) atoms. The molecule has 0 radical (unpaired) electrons. The molecule has 0 fully saturated rings. The average molecular weight is 556 g/mol. The Morgan fingerprint density at radius 1 is 0.750 bits per heavy atom. The molecule has 0 unspecified atom stereocenters. The number of nitrogens with zero attached hydrogens (tertiary/aromatic N) is 1. The average Bonchev–Trinajstić information content (AvgIpc) is 2.75. The molecule has 5 heteroatoms. The fourth-order valence-corrected chi connectivity index (χ4v) is 2.99. The summed E-state index contributed by atoms with van der Waals surface area (Å²) in [6, 6.07) is 3.70. The van der Waals surface area contributed by atoms with Crippen molar-refractivity contribution >= 4 is 11.8 Å². The first-order valence-corrected chi connectivity index (χ1v) is 13.7. The molecule has 2 N–H and O–H groups in total. The number of carbonyl (C=O) groups is 2. The monoisotopic (exact) mass is 555 g/mol. The summed E-state index contributed by atoms with van der Waals surface area (Å²) in [5, 5.41) is 5.62. The molecule has 1 aromatic rings. The van der Waals surface area contributed by atoms with Crippen LogP contribution in [0, 0.1) is 39.9 Å². The molecule has 0 atom stereocenters. The van der Waals surface area contributed by atoms with Gasteiger partial charge in [0.25, 0.3) is 5.91 Å². The molecule has 0 aromatic carbocycles. The van der Waals surface area contributed by atoms with Gasteiger partial charge in [0.15, 0.2) is 0 Å². The van der Waals surface area contributed by atoms with Crippen LogP contribution in [0.2, 0.25) is 0 Å². The third-order valence-corrected chi connectivity index (χ3v) is 5.01. The molecule has 0 spiro atoms. The van der Waals surface area contributed by atoms with Gasteiger partial charge in [-0.15, -0.1) is 0 Å². The molecule has 1 aromatic heterocycles.